The topological polar surface area (TPSA) is 93.2 Å². The van der Waals surface area contributed by atoms with E-state index in [1.165, 1.54) is 0 Å². The number of hydrogen-bond acceptors (Lipinski definition) is 5. The molecule has 2 heterocycles. The maximum atomic E-state index is 12.3. The molecule has 6 nitrogen and oxygen atoms in total. The van der Waals surface area contributed by atoms with E-state index in [4.69, 9.17) is 5.73 Å². The number of aromatic nitrogens is 2. The Kier molecular flexibility index (Phi) is 3.85. The molecule has 6 heteroatoms. The molecule has 1 aromatic heterocycles. The van der Waals surface area contributed by atoms with Gasteiger partial charge in [0, 0.05) is 24.3 Å². The molecule has 0 aliphatic carbocycles. The van der Waals surface area contributed by atoms with Crippen LogP contribution in [-0.2, 0) is 0 Å². The zero-order chi connectivity index (χ0) is 15.7. The normalized spacial score (nSPS) is 18.3. The summed E-state index contributed by atoms with van der Waals surface area (Å²) >= 11 is 0. The summed E-state index contributed by atoms with van der Waals surface area (Å²) in [5, 5.41) is 13.4. The number of anilines is 1. The lowest BCUT2D eigenvalue weighted by Crippen LogP contribution is -2.37. The summed E-state index contributed by atoms with van der Waals surface area (Å²) in [4.78, 5) is 16.5. The van der Waals surface area contributed by atoms with Crippen LogP contribution < -0.4 is 16.6 Å². The molecule has 2 aromatic rings. The van der Waals surface area contributed by atoms with E-state index in [1.807, 2.05) is 19.1 Å². The molecule has 0 spiro atoms. The molecule has 0 amide bonds. The second-order valence-corrected chi connectivity index (χ2v) is 5.74. The maximum absolute atomic E-state index is 12.3. The lowest BCUT2D eigenvalue weighted by Gasteiger charge is -2.25. The van der Waals surface area contributed by atoms with Gasteiger partial charge in [-0.15, -0.1) is 0 Å². The molecule has 1 saturated heterocycles. The quantitative estimate of drug-likeness (QED) is 0.780. The molecular formula is C16H20N4O2. The minimum absolute atomic E-state index is 0.0380. The van der Waals surface area contributed by atoms with Crippen LogP contribution in [0.5, 0.6) is 5.75 Å². The number of hydrogen-bond donors (Lipinski definition) is 3. The Morgan fingerprint density at radius 2 is 2.27 bits per heavy atom. The molecule has 22 heavy (non-hydrogen) atoms. The van der Waals surface area contributed by atoms with Crippen molar-refractivity contribution in [3.8, 4) is 17.0 Å². The Labute approximate surface area is 128 Å². The molecule has 0 bridgehead atoms. The van der Waals surface area contributed by atoms with Gasteiger partial charge in [0.25, 0.3) is 5.56 Å². The smallest absolute Gasteiger partial charge is 0.293 e. The van der Waals surface area contributed by atoms with Gasteiger partial charge in [0.15, 0.2) is 5.82 Å². The SMILES string of the molecule is Cc1ccc(O)c(-c2cn(C3CCCNC3)c(=O)c(N)n2)c1. The van der Waals surface area contributed by atoms with Crippen molar-refractivity contribution < 1.29 is 5.11 Å². The molecule has 0 radical (unpaired) electrons. The fourth-order valence-corrected chi connectivity index (χ4v) is 2.86. The van der Waals surface area contributed by atoms with E-state index < -0.39 is 0 Å². The van der Waals surface area contributed by atoms with Crippen LogP contribution in [0.4, 0.5) is 5.82 Å². The van der Waals surface area contributed by atoms with Crippen molar-refractivity contribution in [1.82, 2.24) is 14.9 Å². The minimum atomic E-state index is -0.274. The minimum Gasteiger partial charge on any atom is -0.507 e. The van der Waals surface area contributed by atoms with Gasteiger partial charge in [-0.05, 0) is 38.4 Å². The molecular weight excluding hydrogens is 280 g/mol. The Bertz CT molecular complexity index is 748. The molecule has 1 aliphatic rings. The number of rotatable bonds is 2. The van der Waals surface area contributed by atoms with Crippen molar-refractivity contribution in [2.45, 2.75) is 25.8 Å². The first kappa shape index (κ1) is 14.6. The van der Waals surface area contributed by atoms with Crippen LogP contribution in [0.15, 0.2) is 29.2 Å². The van der Waals surface area contributed by atoms with E-state index in [0.29, 0.717) is 11.3 Å². The van der Waals surface area contributed by atoms with Gasteiger partial charge in [-0.25, -0.2) is 4.98 Å². The second-order valence-electron chi connectivity index (χ2n) is 5.74. The van der Waals surface area contributed by atoms with Gasteiger partial charge in [-0.3, -0.25) is 4.79 Å². The Morgan fingerprint density at radius 1 is 1.45 bits per heavy atom. The molecule has 3 rings (SSSR count). The zero-order valence-corrected chi connectivity index (χ0v) is 12.5. The van der Waals surface area contributed by atoms with Crippen LogP contribution >= 0.6 is 0 Å². The van der Waals surface area contributed by atoms with E-state index in [-0.39, 0.29) is 23.2 Å². The predicted molar refractivity (Wildman–Crippen MR) is 85.9 cm³/mol. The average molecular weight is 300 g/mol. The van der Waals surface area contributed by atoms with Gasteiger partial charge in [0.2, 0.25) is 0 Å². The molecule has 0 saturated carbocycles. The highest BCUT2D eigenvalue weighted by atomic mass is 16.3. The monoisotopic (exact) mass is 300 g/mol. The van der Waals surface area contributed by atoms with Crippen molar-refractivity contribution in [2.24, 2.45) is 0 Å². The fourth-order valence-electron chi connectivity index (χ4n) is 2.86. The number of phenols is 1. The molecule has 1 unspecified atom stereocenters. The fraction of sp³-hybridized carbons (Fsp3) is 0.375. The molecule has 116 valence electrons. The van der Waals surface area contributed by atoms with E-state index in [0.717, 1.165) is 31.5 Å². The van der Waals surface area contributed by atoms with Crippen molar-refractivity contribution in [2.75, 3.05) is 18.8 Å². The van der Waals surface area contributed by atoms with Crippen LogP contribution in [0.3, 0.4) is 0 Å². The summed E-state index contributed by atoms with van der Waals surface area (Å²) in [6, 6.07) is 5.35. The molecule has 1 atom stereocenters. The highest BCUT2D eigenvalue weighted by Crippen LogP contribution is 2.29. The lowest BCUT2D eigenvalue weighted by atomic mass is 10.1. The predicted octanol–water partition coefficient (Wildman–Crippen LogP) is 1.43. The third-order valence-corrected chi connectivity index (χ3v) is 4.05. The number of aryl methyl sites for hydroxylation is 1. The zero-order valence-electron chi connectivity index (χ0n) is 12.5. The van der Waals surface area contributed by atoms with Gasteiger partial charge >= 0.3 is 0 Å². The summed E-state index contributed by atoms with van der Waals surface area (Å²) in [5.41, 5.74) is 7.64. The largest absolute Gasteiger partial charge is 0.507 e. The van der Waals surface area contributed by atoms with E-state index in [2.05, 4.69) is 10.3 Å². The van der Waals surface area contributed by atoms with Gasteiger partial charge in [0.1, 0.15) is 5.75 Å². The highest BCUT2D eigenvalue weighted by Gasteiger charge is 2.19. The van der Waals surface area contributed by atoms with Crippen LogP contribution in [0.1, 0.15) is 24.4 Å². The molecule has 1 fully saturated rings. The number of nitrogen functional groups attached to an aromatic ring is 1. The molecule has 1 aromatic carbocycles. The first-order valence-corrected chi connectivity index (χ1v) is 7.45. The third-order valence-electron chi connectivity index (χ3n) is 4.05. The maximum Gasteiger partial charge on any atom is 0.293 e. The van der Waals surface area contributed by atoms with Gasteiger partial charge in [-0.2, -0.15) is 0 Å². The van der Waals surface area contributed by atoms with E-state index in [9.17, 15) is 9.90 Å². The number of benzene rings is 1. The van der Waals surface area contributed by atoms with Crippen molar-refractivity contribution in [3.05, 3.63) is 40.3 Å². The standard InChI is InChI=1S/C16H20N4O2/c1-10-4-5-14(21)12(7-10)13-9-20(16(22)15(17)19-13)11-3-2-6-18-8-11/h4-5,7,9,11,18,21H,2-3,6,8H2,1H3,(H2,17,19). The van der Waals surface area contributed by atoms with Crippen LogP contribution in [0.2, 0.25) is 0 Å². The summed E-state index contributed by atoms with van der Waals surface area (Å²) in [6.45, 7) is 3.65. The number of nitrogens with zero attached hydrogens (tertiary/aromatic N) is 2. The van der Waals surface area contributed by atoms with Gasteiger partial charge < -0.3 is 20.7 Å². The van der Waals surface area contributed by atoms with Crippen molar-refractivity contribution in [3.63, 3.8) is 0 Å². The Balaban J connectivity index is 2.11. The second kappa shape index (κ2) is 5.81. The summed E-state index contributed by atoms with van der Waals surface area (Å²) in [7, 11) is 0. The van der Waals surface area contributed by atoms with E-state index >= 15 is 0 Å². The number of phenolic OH excluding ortho intramolecular Hbond substituents is 1. The van der Waals surface area contributed by atoms with Crippen LogP contribution in [0.25, 0.3) is 11.3 Å². The van der Waals surface area contributed by atoms with Gasteiger partial charge in [-0.1, -0.05) is 11.6 Å². The van der Waals surface area contributed by atoms with Crippen LogP contribution in [0, 0.1) is 6.92 Å². The lowest BCUT2D eigenvalue weighted by molar-refractivity contribution is 0.364. The number of nitrogens with two attached hydrogens (primary N) is 1. The van der Waals surface area contributed by atoms with Crippen molar-refractivity contribution >= 4 is 5.82 Å². The van der Waals surface area contributed by atoms with Crippen LogP contribution in [-0.4, -0.2) is 27.7 Å². The summed E-state index contributed by atoms with van der Waals surface area (Å²) in [5.74, 6) is 0.0912. The van der Waals surface area contributed by atoms with Crippen molar-refractivity contribution in [1.29, 1.82) is 0 Å². The number of piperidine rings is 1. The van der Waals surface area contributed by atoms with Gasteiger partial charge in [0.05, 0.1) is 5.69 Å². The number of aromatic hydroxyl groups is 1. The molecule has 4 N–H and O–H groups in total. The third kappa shape index (κ3) is 2.69. The average Bonchev–Trinajstić information content (AvgIpc) is 2.53. The van der Waals surface area contributed by atoms with E-state index in [1.54, 1.807) is 16.8 Å². The first-order valence-electron chi connectivity index (χ1n) is 7.45. The first-order chi connectivity index (χ1) is 10.6. The highest BCUT2D eigenvalue weighted by molar-refractivity contribution is 5.67. The summed E-state index contributed by atoms with van der Waals surface area (Å²) < 4.78 is 1.64. The molecule has 1 aliphatic heterocycles. The summed E-state index contributed by atoms with van der Waals surface area (Å²) in [6.07, 6.45) is 3.64. The Hall–Kier alpha value is -2.34. The Morgan fingerprint density at radius 3 is 3.00 bits per heavy atom. The number of nitrogens with one attached hydrogen (secondary N) is 1.